The molecule has 26 heavy (non-hydrogen) atoms. The highest BCUT2D eigenvalue weighted by Crippen LogP contribution is 2.50. The monoisotopic (exact) mass is 356 g/mol. The van der Waals surface area contributed by atoms with E-state index in [0.717, 1.165) is 47.3 Å². The van der Waals surface area contributed by atoms with E-state index in [1.807, 2.05) is 0 Å². The van der Waals surface area contributed by atoms with Crippen molar-refractivity contribution in [3.63, 3.8) is 0 Å². The van der Waals surface area contributed by atoms with Gasteiger partial charge in [-0.3, -0.25) is 0 Å². The summed E-state index contributed by atoms with van der Waals surface area (Å²) >= 11 is 0. The van der Waals surface area contributed by atoms with E-state index in [2.05, 4.69) is 0 Å². The van der Waals surface area contributed by atoms with Crippen LogP contribution >= 0.6 is 0 Å². The Labute approximate surface area is 163 Å². The highest BCUT2D eigenvalue weighted by Gasteiger charge is 2.39. The Kier molecular flexibility index (Phi) is 5.67. The Morgan fingerprint density at radius 3 is 0.654 bits per heavy atom. The molecule has 7 saturated carbocycles. The molecule has 0 saturated heterocycles. The van der Waals surface area contributed by atoms with Crippen LogP contribution in [0, 0.1) is 47.3 Å². The summed E-state index contributed by atoms with van der Waals surface area (Å²) in [6.45, 7) is 0. The van der Waals surface area contributed by atoms with Gasteiger partial charge in [0.1, 0.15) is 0 Å². The van der Waals surface area contributed by atoms with Crippen LogP contribution in [0.3, 0.4) is 0 Å². The van der Waals surface area contributed by atoms with Crippen LogP contribution in [0.1, 0.15) is 116 Å². The minimum atomic E-state index is 1.11. The van der Waals surface area contributed by atoms with Crippen molar-refractivity contribution < 1.29 is 0 Å². The van der Waals surface area contributed by atoms with Crippen molar-refractivity contribution in [2.24, 2.45) is 47.3 Å². The zero-order valence-corrected chi connectivity index (χ0v) is 17.3. The molecule has 0 N–H and O–H groups in total. The molecule has 8 bridgehead atoms. The highest BCUT2D eigenvalue weighted by molar-refractivity contribution is 4.90. The molecule has 0 aromatic heterocycles. The van der Waals surface area contributed by atoms with Crippen molar-refractivity contribution in [2.45, 2.75) is 116 Å². The Balaban J connectivity index is 1.35. The van der Waals surface area contributed by atoms with Gasteiger partial charge in [0.2, 0.25) is 0 Å². The fourth-order valence-corrected chi connectivity index (χ4v) is 8.38. The van der Waals surface area contributed by atoms with Gasteiger partial charge in [0, 0.05) is 0 Å². The van der Waals surface area contributed by atoms with Gasteiger partial charge in [0.05, 0.1) is 0 Å². The van der Waals surface area contributed by atoms with Crippen LogP contribution in [0.4, 0.5) is 0 Å². The minimum Gasteiger partial charge on any atom is -0.0502 e. The highest BCUT2D eigenvalue weighted by atomic mass is 14.4. The largest absolute Gasteiger partial charge is 0.0502 e. The Morgan fingerprint density at radius 2 is 0.423 bits per heavy atom. The molecule has 7 aliphatic rings. The van der Waals surface area contributed by atoms with Crippen molar-refractivity contribution >= 4 is 0 Å². The predicted molar refractivity (Wildman–Crippen MR) is 111 cm³/mol. The van der Waals surface area contributed by atoms with Crippen molar-refractivity contribution in [3.8, 4) is 0 Å². The van der Waals surface area contributed by atoms with E-state index >= 15 is 0 Å². The summed E-state index contributed by atoms with van der Waals surface area (Å²) in [6.07, 6.45) is 28.8. The normalized spacial score (nSPS) is 49.8. The maximum absolute atomic E-state index is 1.64. The lowest BCUT2D eigenvalue weighted by atomic mass is 9.63. The van der Waals surface area contributed by atoms with E-state index in [1.165, 1.54) is 0 Å². The molecule has 0 heteroatoms. The van der Waals surface area contributed by atoms with Crippen molar-refractivity contribution in [2.75, 3.05) is 0 Å². The first-order valence-corrected chi connectivity index (χ1v) is 12.8. The van der Waals surface area contributed by atoms with E-state index < -0.39 is 0 Å². The molecule has 0 spiro atoms. The molecule has 7 rings (SSSR count). The Morgan fingerprint density at radius 1 is 0.231 bits per heavy atom. The fourth-order valence-electron chi connectivity index (χ4n) is 8.38. The number of fused-ring (bicyclic) bond motifs is 8. The van der Waals surface area contributed by atoms with Gasteiger partial charge < -0.3 is 0 Å². The summed E-state index contributed by atoms with van der Waals surface area (Å²) in [5.74, 6) is 8.91. The lowest BCUT2D eigenvalue weighted by molar-refractivity contribution is 0.0796. The second kappa shape index (κ2) is 8.16. The van der Waals surface area contributed by atoms with Gasteiger partial charge in [0.25, 0.3) is 0 Å². The molecule has 0 aromatic rings. The van der Waals surface area contributed by atoms with Crippen LogP contribution in [0.25, 0.3) is 0 Å². The van der Waals surface area contributed by atoms with Crippen molar-refractivity contribution in [1.82, 2.24) is 0 Å². The summed E-state index contributed by atoms with van der Waals surface area (Å²) in [5.41, 5.74) is 0. The van der Waals surface area contributed by atoms with Gasteiger partial charge in [0.15, 0.2) is 0 Å². The van der Waals surface area contributed by atoms with Crippen LogP contribution in [0.15, 0.2) is 0 Å². The van der Waals surface area contributed by atoms with Gasteiger partial charge in [-0.05, 0) is 85.9 Å². The van der Waals surface area contributed by atoms with Gasteiger partial charge in [-0.1, -0.05) is 77.0 Å². The van der Waals surface area contributed by atoms with Crippen LogP contribution in [0.5, 0.6) is 0 Å². The average Bonchev–Trinajstić information content (AvgIpc) is 2.78. The number of hydrogen-bond donors (Lipinski definition) is 0. The van der Waals surface area contributed by atoms with E-state index in [1.54, 1.807) is 116 Å². The van der Waals surface area contributed by atoms with Crippen LogP contribution in [-0.4, -0.2) is 0 Å². The third-order valence-corrected chi connectivity index (χ3v) is 10.3. The second-order valence-electron chi connectivity index (χ2n) is 11.6. The SMILES string of the molecule is C1CC2CCC1CCC1CC(CC2)C2CCC3CCC(CC3)CCC1C2. The lowest BCUT2D eigenvalue weighted by Gasteiger charge is -2.42. The maximum Gasteiger partial charge on any atom is -0.0383 e. The quantitative estimate of drug-likeness (QED) is 0.412. The third-order valence-electron chi connectivity index (χ3n) is 10.3. The zero-order chi connectivity index (χ0) is 17.3. The molecule has 0 heterocycles. The number of hydrogen-bond acceptors (Lipinski definition) is 0. The smallest absolute Gasteiger partial charge is 0.0383 e. The summed E-state index contributed by atoms with van der Waals surface area (Å²) in [5, 5.41) is 0. The van der Waals surface area contributed by atoms with Crippen molar-refractivity contribution in [3.05, 3.63) is 0 Å². The molecule has 0 aliphatic heterocycles. The molecule has 7 aliphatic carbocycles. The van der Waals surface area contributed by atoms with Gasteiger partial charge in [-0.25, -0.2) is 0 Å². The zero-order valence-electron chi connectivity index (χ0n) is 17.3. The Bertz CT molecular complexity index is 355. The second-order valence-corrected chi connectivity index (χ2v) is 11.6. The standard InChI is InChI=1S/C26H44/c1-2-20-4-3-19(1)9-13-23-17-24(14-10-20)26-16-12-22-7-5-21(6-8-22)11-15-25(23)18-26/h19-26H,1-18H2. The molecule has 4 unspecified atom stereocenters. The topological polar surface area (TPSA) is 0 Å². The molecular weight excluding hydrogens is 312 g/mol. The number of rotatable bonds is 0. The molecule has 0 radical (unpaired) electrons. The fraction of sp³-hybridized carbons (Fsp3) is 1.00. The summed E-state index contributed by atoms with van der Waals surface area (Å²) < 4.78 is 0. The first-order valence-electron chi connectivity index (χ1n) is 12.8. The molecule has 148 valence electrons. The molecule has 4 atom stereocenters. The van der Waals surface area contributed by atoms with Crippen LogP contribution < -0.4 is 0 Å². The van der Waals surface area contributed by atoms with E-state index in [0.29, 0.717) is 0 Å². The Hall–Kier alpha value is 0. The molecular formula is C26H44. The van der Waals surface area contributed by atoms with Crippen LogP contribution in [-0.2, 0) is 0 Å². The van der Waals surface area contributed by atoms with Gasteiger partial charge in [-0.15, -0.1) is 0 Å². The first kappa shape index (κ1) is 18.1. The van der Waals surface area contributed by atoms with E-state index in [-0.39, 0.29) is 0 Å². The van der Waals surface area contributed by atoms with Gasteiger partial charge in [-0.2, -0.15) is 0 Å². The molecule has 0 nitrogen and oxygen atoms in total. The van der Waals surface area contributed by atoms with Gasteiger partial charge >= 0.3 is 0 Å². The van der Waals surface area contributed by atoms with Crippen LogP contribution in [0.2, 0.25) is 0 Å². The summed E-state index contributed by atoms with van der Waals surface area (Å²) in [7, 11) is 0. The minimum absolute atomic E-state index is 1.11. The predicted octanol–water partition coefficient (Wildman–Crippen LogP) is 8.01. The summed E-state index contributed by atoms with van der Waals surface area (Å²) in [4.78, 5) is 0. The first-order chi connectivity index (χ1) is 12.8. The maximum atomic E-state index is 1.64. The summed E-state index contributed by atoms with van der Waals surface area (Å²) in [6, 6.07) is 0. The third kappa shape index (κ3) is 4.05. The molecule has 7 fully saturated rings. The molecule has 0 amide bonds. The van der Waals surface area contributed by atoms with Crippen molar-refractivity contribution in [1.29, 1.82) is 0 Å². The average molecular weight is 357 g/mol. The molecule has 0 aromatic carbocycles. The lowest BCUT2D eigenvalue weighted by Crippen LogP contribution is -2.32. The van der Waals surface area contributed by atoms with E-state index in [4.69, 9.17) is 0 Å². The van der Waals surface area contributed by atoms with E-state index in [9.17, 15) is 0 Å².